The highest BCUT2D eigenvalue weighted by Gasteiger charge is 2.12. The Kier molecular flexibility index (Phi) is 6.98. The second-order valence-electron chi connectivity index (χ2n) is 6.37. The lowest BCUT2D eigenvalue weighted by molar-refractivity contribution is 0.0734. The van der Waals surface area contributed by atoms with E-state index in [0.29, 0.717) is 28.2 Å². The number of carbonyl (C=O) groups excluding carboxylic acids is 2. The van der Waals surface area contributed by atoms with Gasteiger partial charge in [-0.05, 0) is 55.5 Å². The smallest absolute Gasteiger partial charge is 0.343 e. The van der Waals surface area contributed by atoms with Crippen LogP contribution in [0.25, 0.3) is 0 Å². The standard InChI is InChI=1S/C23H19BrN2O4/c1-15-5-3-7-17(11-15)23(28)30-21-10-9-19(24)12-18(21)14-25-26-22(27)16-6-4-8-20(13-16)29-2/h3-14H,1-2H3,(H,26,27). The number of benzene rings is 3. The molecule has 1 amide bonds. The van der Waals surface area contributed by atoms with Gasteiger partial charge in [-0.25, -0.2) is 10.2 Å². The maximum atomic E-state index is 12.5. The summed E-state index contributed by atoms with van der Waals surface area (Å²) in [5.74, 6) is 0.0302. The number of hydrazone groups is 1. The minimum Gasteiger partial charge on any atom is -0.497 e. The molecule has 0 aliphatic heterocycles. The number of carbonyl (C=O) groups is 2. The molecule has 0 aliphatic carbocycles. The number of esters is 1. The minimum atomic E-state index is -0.476. The van der Waals surface area contributed by atoms with E-state index in [0.717, 1.165) is 10.0 Å². The lowest BCUT2D eigenvalue weighted by Gasteiger charge is -2.08. The number of amides is 1. The van der Waals surface area contributed by atoms with Crippen LogP contribution < -0.4 is 14.9 Å². The van der Waals surface area contributed by atoms with E-state index >= 15 is 0 Å². The SMILES string of the molecule is COc1cccc(C(=O)NN=Cc2cc(Br)ccc2OC(=O)c2cccc(C)c2)c1. The molecule has 0 saturated heterocycles. The maximum absolute atomic E-state index is 12.5. The first kappa shape index (κ1) is 21.3. The summed E-state index contributed by atoms with van der Waals surface area (Å²) in [6, 6.07) is 19.0. The van der Waals surface area contributed by atoms with E-state index in [1.54, 1.807) is 60.7 Å². The van der Waals surface area contributed by atoms with Gasteiger partial charge in [0.15, 0.2) is 0 Å². The van der Waals surface area contributed by atoms with Crippen LogP contribution in [0.15, 0.2) is 76.3 Å². The van der Waals surface area contributed by atoms with Crippen molar-refractivity contribution in [3.63, 3.8) is 0 Å². The molecule has 30 heavy (non-hydrogen) atoms. The van der Waals surface area contributed by atoms with Gasteiger partial charge in [0.05, 0.1) is 18.9 Å². The zero-order chi connectivity index (χ0) is 21.5. The quantitative estimate of drug-likeness (QED) is 0.246. The Morgan fingerprint density at radius 1 is 1.00 bits per heavy atom. The number of methoxy groups -OCH3 is 1. The number of rotatable bonds is 6. The van der Waals surface area contributed by atoms with Gasteiger partial charge in [0, 0.05) is 15.6 Å². The topological polar surface area (TPSA) is 77.0 Å². The summed E-state index contributed by atoms with van der Waals surface area (Å²) < 4.78 is 11.4. The van der Waals surface area contributed by atoms with Gasteiger partial charge in [-0.1, -0.05) is 39.7 Å². The first-order chi connectivity index (χ1) is 14.5. The third-order valence-corrected chi connectivity index (χ3v) is 4.62. The maximum Gasteiger partial charge on any atom is 0.343 e. The van der Waals surface area contributed by atoms with Gasteiger partial charge < -0.3 is 9.47 Å². The molecule has 0 saturated carbocycles. The van der Waals surface area contributed by atoms with Crippen LogP contribution in [-0.4, -0.2) is 25.2 Å². The summed E-state index contributed by atoms with van der Waals surface area (Å²) >= 11 is 3.39. The average molecular weight is 467 g/mol. The van der Waals surface area contributed by atoms with Crippen molar-refractivity contribution >= 4 is 34.0 Å². The summed E-state index contributed by atoms with van der Waals surface area (Å²) in [6.45, 7) is 1.90. The van der Waals surface area contributed by atoms with Gasteiger partial charge in [0.2, 0.25) is 0 Å². The van der Waals surface area contributed by atoms with Crippen molar-refractivity contribution in [3.8, 4) is 11.5 Å². The predicted molar refractivity (Wildman–Crippen MR) is 118 cm³/mol. The van der Waals surface area contributed by atoms with Crippen molar-refractivity contribution in [1.82, 2.24) is 5.43 Å². The summed E-state index contributed by atoms with van der Waals surface area (Å²) in [5, 5.41) is 3.99. The van der Waals surface area contributed by atoms with Crippen LogP contribution in [0, 0.1) is 6.92 Å². The molecule has 0 fully saturated rings. The Morgan fingerprint density at radius 2 is 1.77 bits per heavy atom. The number of aryl methyl sites for hydroxylation is 1. The predicted octanol–water partition coefficient (Wildman–Crippen LogP) is 4.75. The fraction of sp³-hybridized carbons (Fsp3) is 0.0870. The van der Waals surface area contributed by atoms with Crippen molar-refractivity contribution in [2.24, 2.45) is 5.10 Å². The average Bonchev–Trinajstić information content (AvgIpc) is 2.75. The van der Waals surface area contributed by atoms with Crippen LogP contribution in [0.5, 0.6) is 11.5 Å². The van der Waals surface area contributed by atoms with E-state index in [2.05, 4.69) is 26.5 Å². The van der Waals surface area contributed by atoms with Crippen LogP contribution in [-0.2, 0) is 0 Å². The number of hydrogen-bond donors (Lipinski definition) is 1. The molecule has 7 heteroatoms. The molecule has 0 aliphatic rings. The Hall–Kier alpha value is -3.45. The molecule has 0 unspecified atom stereocenters. The van der Waals surface area contributed by atoms with Gasteiger partial charge in [0.25, 0.3) is 5.91 Å². The van der Waals surface area contributed by atoms with Gasteiger partial charge >= 0.3 is 5.97 Å². The molecule has 3 rings (SSSR count). The zero-order valence-electron chi connectivity index (χ0n) is 16.4. The molecule has 0 atom stereocenters. The van der Waals surface area contributed by atoms with Crippen molar-refractivity contribution in [2.45, 2.75) is 6.92 Å². The van der Waals surface area contributed by atoms with Crippen molar-refractivity contribution < 1.29 is 19.1 Å². The second kappa shape index (κ2) is 9.84. The lowest BCUT2D eigenvalue weighted by Crippen LogP contribution is -2.17. The summed E-state index contributed by atoms with van der Waals surface area (Å²) in [4.78, 5) is 24.7. The minimum absolute atomic E-state index is 0.323. The molecule has 0 aromatic heterocycles. The highest BCUT2D eigenvalue weighted by molar-refractivity contribution is 9.10. The largest absolute Gasteiger partial charge is 0.497 e. The molecule has 6 nitrogen and oxygen atoms in total. The van der Waals surface area contributed by atoms with Crippen LogP contribution in [0.2, 0.25) is 0 Å². The van der Waals surface area contributed by atoms with Crippen LogP contribution in [0.4, 0.5) is 0 Å². The monoisotopic (exact) mass is 466 g/mol. The Balaban J connectivity index is 1.74. The van der Waals surface area contributed by atoms with Gasteiger partial charge in [-0.15, -0.1) is 0 Å². The summed E-state index contributed by atoms with van der Waals surface area (Å²) in [6.07, 6.45) is 1.42. The fourth-order valence-corrected chi connectivity index (χ4v) is 3.01. The zero-order valence-corrected chi connectivity index (χ0v) is 18.0. The third kappa shape index (κ3) is 5.55. The first-order valence-corrected chi connectivity index (χ1v) is 9.81. The number of hydrogen-bond acceptors (Lipinski definition) is 5. The van der Waals surface area contributed by atoms with Crippen LogP contribution >= 0.6 is 15.9 Å². The third-order valence-electron chi connectivity index (χ3n) is 4.13. The van der Waals surface area contributed by atoms with E-state index < -0.39 is 11.9 Å². The number of nitrogens with one attached hydrogen (secondary N) is 1. The van der Waals surface area contributed by atoms with Crippen molar-refractivity contribution in [2.75, 3.05) is 7.11 Å². The van der Waals surface area contributed by atoms with E-state index in [4.69, 9.17) is 9.47 Å². The fourth-order valence-electron chi connectivity index (χ4n) is 2.63. The van der Waals surface area contributed by atoms with Gasteiger partial charge in [-0.2, -0.15) is 5.10 Å². The molecule has 152 valence electrons. The normalized spacial score (nSPS) is 10.6. The lowest BCUT2D eigenvalue weighted by atomic mass is 10.1. The molecule has 0 heterocycles. The van der Waals surface area contributed by atoms with Gasteiger partial charge in [0.1, 0.15) is 11.5 Å². The highest BCUT2D eigenvalue weighted by Crippen LogP contribution is 2.23. The number of ether oxygens (including phenoxy) is 2. The highest BCUT2D eigenvalue weighted by atomic mass is 79.9. The number of nitrogens with zero attached hydrogens (tertiary/aromatic N) is 1. The molecule has 0 bridgehead atoms. The molecule has 0 spiro atoms. The summed E-state index contributed by atoms with van der Waals surface area (Å²) in [5.41, 5.74) is 4.80. The van der Waals surface area contributed by atoms with E-state index in [-0.39, 0.29) is 0 Å². The van der Waals surface area contributed by atoms with E-state index in [1.807, 2.05) is 13.0 Å². The van der Waals surface area contributed by atoms with Crippen LogP contribution in [0.1, 0.15) is 31.8 Å². The first-order valence-electron chi connectivity index (χ1n) is 9.02. The Bertz CT molecular complexity index is 1110. The van der Waals surface area contributed by atoms with Crippen molar-refractivity contribution in [1.29, 1.82) is 0 Å². The van der Waals surface area contributed by atoms with E-state index in [1.165, 1.54) is 13.3 Å². The molecule has 1 N–H and O–H groups in total. The Morgan fingerprint density at radius 3 is 2.53 bits per heavy atom. The second-order valence-corrected chi connectivity index (χ2v) is 7.29. The Labute approximate surface area is 182 Å². The summed E-state index contributed by atoms with van der Waals surface area (Å²) in [7, 11) is 1.53. The van der Waals surface area contributed by atoms with Crippen molar-refractivity contribution in [3.05, 3.63) is 93.5 Å². The van der Waals surface area contributed by atoms with E-state index in [9.17, 15) is 9.59 Å². The molecule has 0 radical (unpaired) electrons. The van der Waals surface area contributed by atoms with Gasteiger partial charge in [-0.3, -0.25) is 4.79 Å². The number of halogens is 1. The molecule has 3 aromatic rings. The molecular weight excluding hydrogens is 448 g/mol. The molecule has 3 aromatic carbocycles. The van der Waals surface area contributed by atoms with Crippen LogP contribution in [0.3, 0.4) is 0 Å². The molecular formula is C23H19BrN2O4.